The maximum absolute atomic E-state index is 6.30. The van der Waals surface area contributed by atoms with Gasteiger partial charge in [0.15, 0.2) is 0 Å². The van der Waals surface area contributed by atoms with E-state index >= 15 is 0 Å². The van der Waals surface area contributed by atoms with Crippen LogP contribution in [0.15, 0.2) is 54.7 Å². The Morgan fingerprint density at radius 3 is 2.48 bits per heavy atom. The fourth-order valence-corrected chi connectivity index (χ4v) is 2.91. The fourth-order valence-electron chi connectivity index (χ4n) is 2.36. The van der Waals surface area contributed by atoms with Gasteiger partial charge in [0.25, 0.3) is 0 Å². The minimum absolute atomic E-state index is 0.195. The first-order valence-corrected chi connectivity index (χ1v) is 7.44. The van der Waals surface area contributed by atoms with E-state index in [-0.39, 0.29) is 6.04 Å². The predicted octanol–water partition coefficient (Wildman–Crippen LogP) is 4.78. The topological polar surface area (TPSA) is 38.9 Å². The molecule has 2 N–H and O–H groups in total. The molecule has 4 heteroatoms. The number of pyridine rings is 1. The molecule has 0 aliphatic rings. The first-order valence-electron chi connectivity index (χ1n) is 6.68. The zero-order valence-electron chi connectivity index (χ0n) is 11.3. The van der Waals surface area contributed by atoms with Crippen LogP contribution in [0, 0.1) is 0 Å². The summed E-state index contributed by atoms with van der Waals surface area (Å²) in [5.41, 5.74) is 9.11. The summed E-state index contributed by atoms with van der Waals surface area (Å²) in [5, 5.41) is 2.37. The molecule has 1 atom stereocenters. The van der Waals surface area contributed by atoms with Gasteiger partial charge in [-0.05, 0) is 41.8 Å². The van der Waals surface area contributed by atoms with Crippen molar-refractivity contribution < 1.29 is 0 Å². The number of nitrogens with two attached hydrogens (primary N) is 1. The van der Waals surface area contributed by atoms with Crippen molar-refractivity contribution >= 4 is 34.1 Å². The predicted molar refractivity (Wildman–Crippen MR) is 88.8 cm³/mol. The first-order chi connectivity index (χ1) is 10.1. The number of hydrogen-bond donors (Lipinski definition) is 1. The molecular weight excluding hydrogens is 303 g/mol. The molecule has 0 aliphatic carbocycles. The van der Waals surface area contributed by atoms with Gasteiger partial charge in [0.1, 0.15) is 0 Å². The molecule has 0 spiro atoms. The maximum Gasteiger partial charge on any atom is 0.0702 e. The van der Waals surface area contributed by atoms with Crippen LogP contribution in [0.5, 0.6) is 0 Å². The van der Waals surface area contributed by atoms with E-state index in [0.29, 0.717) is 16.5 Å². The number of rotatable bonds is 3. The lowest BCUT2D eigenvalue weighted by Crippen LogP contribution is -2.14. The highest BCUT2D eigenvalue weighted by Crippen LogP contribution is 2.29. The van der Waals surface area contributed by atoms with Crippen LogP contribution in [0.3, 0.4) is 0 Å². The minimum Gasteiger partial charge on any atom is -0.324 e. The van der Waals surface area contributed by atoms with Crippen LogP contribution in [0.1, 0.15) is 17.2 Å². The summed E-state index contributed by atoms with van der Waals surface area (Å²) in [4.78, 5) is 4.44. The molecule has 0 fully saturated rings. The van der Waals surface area contributed by atoms with Crippen molar-refractivity contribution in [2.75, 3.05) is 0 Å². The smallest absolute Gasteiger partial charge is 0.0702 e. The van der Waals surface area contributed by atoms with E-state index < -0.39 is 0 Å². The highest BCUT2D eigenvalue weighted by molar-refractivity contribution is 6.36. The van der Waals surface area contributed by atoms with Crippen molar-refractivity contribution in [3.05, 3.63) is 75.9 Å². The number of halogens is 2. The van der Waals surface area contributed by atoms with Crippen molar-refractivity contribution in [1.29, 1.82) is 0 Å². The number of benzene rings is 2. The summed E-state index contributed by atoms with van der Waals surface area (Å²) in [6.07, 6.45) is 2.40. The van der Waals surface area contributed by atoms with Crippen LogP contribution in [-0.4, -0.2) is 4.98 Å². The number of aromatic nitrogens is 1. The van der Waals surface area contributed by atoms with Crippen LogP contribution in [0.25, 0.3) is 10.9 Å². The largest absolute Gasteiger partial charge is 0.324 e. The average Bonchev–Trinajstić information content (AvgIpc) is 2.50. The molecule has 0 aliphatic heterocycles. The van der Waals surface area contributed by atoms with Crippen LogP contribution < -0.4 is 5.73 Å². The normalized spacial score (nSPS) is 12.5. The monoisotopic (exact) mass is 316 g/mol. The molecule has 0 amide bonds. The Balaban J connectivity index is 1.91. The minimum atomic E-state index is -0.195. The molecule has 1 unspecified atom stereocenters. The van der Waals surface area contributed by atoms with Gasteiger partial charge in [0.05, 0.1) is 5.52 Å². The van der Waals surface area contributed by atoms with Gasteiger partial charge >= 0.3 is 0 Å². The molecule has 21 heavy (non-hydrogen) atoms. The van der Waals surface area contributed by atoms with Gasteiger partial charge in [-0.15, -0.1) is 0 Å². The van der Waals surface area contributed by atoms with Crippen molar-refractivity contribution in [2.45, 2.75) is 12.5 Å². The summed E-state index contributed by atoms with van der Waals surface area (Å²) in [6.45, 7) is 0. The van der Waals surface area contributed by atoms with Crippen LogP contribution in [0.4, 0.5) is 0 Å². The Morgan fingerprint density at radius 1 is 1.00 bits per heavy atom. The molecule has 2 nitrogen and oxygen atoms in total. The number of hydrogen-bond acceptors (Lipinski definition) is 2. The first kappa shape index (κ1) is 14.3. The van der Waals surface area contributed by atoms with E-state index in [0.717, 1.165) is 22.0 Å². The van der Waals surface area contributed by atoms with Crippen molar-refractivity contribution in [2.24, 2.45) is 5.73 Å². The summed E-state index contributed by atoms with van der Waals surface area (Å²) < 4.78 is 0. The van der Waals surface area contributed by atoms with Gasteiger partial charge in [-0.2, -0.15) is 0 Å². The Labute approximate surface area is 133 Å². The van der Waals surface area contributed by atoms with Crippen molar-refractivity contribution in [1.82, 2.24) is 4.98 Å². The van der Waals surface area contributed by atoms with Gasteiger partial charge in [0, 0.05) is 27.7 Å². The second kappa shape index (κ2) is 6.02. The second-order valence-corrected chi connectivity index (χ2v) is 5.79. The van der Waals surface area contributed by atoms with Crippen molar-refractivity contribution in [3.8, 4) is 0 Å². The van der Waals surface area contributed by atoms with E-state index in [9.17, 15) is 0 Å². The number of fused-ring (bicyclic) bond motifs is 1. The SMILES string of the molecule is NC(Cc1c(Cl)cccc1Cl)c1cnc2ccccc2c1. The third kappa shape index (κ3) is 3.03. The van der Waals surface area contributed by atoms with Crippen LogP contribution >= 0.6 is 23.2 Å². The molecule has 0 bridgehead atoms. The van der Waals surface area contributed by atoms with E-state index in [1.54, 1.807) is 0 Å². The lowest BCUT2D eigenvalue weighted by Gasteiger charge is -2.14. The summed E-state index contributed by atoms with van der Waals surface area (Å²) in [5.74, 6) is 0. The molecule has 106 valence electrons. The van der Waals surface area contributed by atoms with Crippen LogP contribution in [-0.2, 0) is 6.42 Å². The quantitative estimate of drug-likeness (QED) is 0.755. The lowest BCUT2D eigenvalue weighted by molar-refractivity contribution is 0.720. The van der Waals surface area contributed by atoms with E-state index in [2.05, 4.69) is 11.1 Å². The molecule has 0 saturated carbocycles. The van der Waals surface area contributed by atoms with Gasteiger partial charge in [-0.1, -0.05) is 47.5 Å². The van der Waals surface area contributed by atoms with Gasteiger partial charge in [0.2, 0.25) is 0 Å². The highest BCUT2D eigenvalue weighted by Gasteiger charge is 2.13. The molecule has 3 rings (SSSR count). The maximum atomic E-state index is 6.30. The molecule has 0 saturated heterocycles. The van der Waals surface area contributed by atoms with Crippen LogP contribution in [0.2, 0.25) is 10.0 Å². The molecule has 3 aromatic rings. The molecule has 0 radical (unpaired) electrons. The number of nitrogens with zero attached hydrogens (tertiary/aromatic N) is 1. The molecule has 1 aromatic heterocycles. The second-order valence-electron chi connectivity index (χ2n) is 4.97. The van der Waals surface area contributed by atoms with E-state index in [4.69, 9.17) is 28.9 Å². The Bertz CT molecular complexity index is 766. The molecule has 2 aromatic carbocycles. The van der Waals surface area contributed by atoms with E-state index in [1.165, 1.54) is 0 Å². The molecular formula is C17H14Cl2N2. The van der Waals surface area contributed by atoms with E-state index in [1.807, 2.05) is 48.7 Å². The lowest BCUT2D eigenvalue weighted by atomic mass is 9.99. The van der Waals surface area contributed by atoms with Gasteiger partial charge in [-0.25, -0.2) is 0 Å². The Kier molecular flexibility index (Phi) is 4.11. The highest BCUT2D eigenvalue weighted by atomic mass is 35.5. The zero-order valence-corrected chi connectivity index (χ0v) is 12.8. The van der Waals surface area contributed by atoms with Crippen molar-refractivity contribution in [3.63, 3.8) is 0 Å². The Hall–Kier alpha value is -1.61. The average molecular weight is 317 g/mol. The third-order valence-corrected chi connectivity index (χ3v) is 4.23. The summed E-state index contributed by atoms with van der Waals surface area (Å²) >= 11 is 12.4. The summed E-state index contributed by atoms with van der Waals surface area (Å²) in [6, 6.07) is 15.3. The Morgan fingerprint density at radius 2 is 1.71 bits per heavy atom. The van der Waals surface area contributed by atoms with Gasteiger partial charge < -0.3 is 5.73 Å². The fraction of sp³-hybridized carbons (Fsp3) is 0.118. The van der Waals surface area contributed by atoms with Gasteiger partial charge in [-0.3, -0.25) is 4.98 Å². The zero-order chi connectivity index (χ0) is 14.8. The summed E-state index contributed by atoms with van der Waals surface area (Å²) in [7, 11) is 0. The number of para-hydroxylation sites is 1. The standard InChI is InChI=1S/C17H14Cl2N2/c18-14-5-3-6-15(19)13(14)9-16(20)12-8-11-4-1-2-7-17(11)21-10-12/h1-8,10,16H,9,20H2. The molecule has 1 heterocycles. The third-order valence-electron chi connectivity index (χ3n) is 3.53.